The number of nitrogens with one attached hydrogen (secondary N) is 1. The van der Waals surface area contributed by atoms with Crippen molar-refractivity contribution in [2.45, 2.75) is 28.8 Å². The molecule has 3 aromatic rings. The van der Waals surface area contributed by atoms with Crippen LogP contribution in [0.25, 0.3) is 0 Å². The minimum absolute atomic E-state index is 0.0122. The summed E-state index contributed by atoms with van der Waals surface area (Å²) in [5.74, 6) is -1.42. The highest BCUT2D eigenvalue weighted by Gasteiger charge is 2.26. The predicted molar refractivity (Wildman–Crippen MR) is 108 cm³/mol. The number of aromatic nitrogens is 1. The Morgan fingerprint density at radius 3 is 2.66 bits per heavy atom. The number of benzene rings is 2. The normalized spacial score (nSPS) is 12.7. The molecule has 0 radical (unpaired) electrons. The number of thiazole rings is 1. The second-order valence-electron chi connectivity index (χ2n) is 6.22. The van der Waals surface area contributed by atoms with E-state index < -0.39 is 32.4 Å². The van der Waals surface area contributed by atoms with E-state index in [1.165, 1.54) is 24.8 Å². The van der Waals surface area contributed by atoms with Gasteiger partial charge in [-0.25, -0.2) is 22.2 Å². The van der Waals surface area contributed by atoms with Gasteiger partial charge in [0, 0.05) is 24.3 Å². The van der Waals surface area contributed by atoms with Crippen molar-refractivity contribution < 1.29 is 21.9 Å². The van der Waals surface area contributed by atoms with E-state index in [1.807, 2.05) is 0 Å². The van der Waals surface area contributed by atoms with E-state index in [-0.39, 0.29) is 15.0 Å². The molecule has 154 valence electrons. The fraction of sp³-hybridized carbons (Fsp3) is 0.211. The largest absolute Gasteiger partial charge is 0.380 e. The lowest BCUT2D eigenvalue weighted by Gasteiger charge is -2.19. The molecule has 0 amide bonds. The first-order valence-electron chi connectivity index (χ1n) is 8.41. The van der Waals surface area contributed by atoms with E-state index in [4.69, 9.17) is 16.3 Å². The van der Waals surface area contributed by atoms with Crippen molar-refractivity contribution in [3.63, 3.8) is 0 Å². The Hall–Kier alpha value is -2.07. The van der Waals surface area contributed by atoms with Gasteiger partial charge >= 0.3 is 0 Å². The second kappa shape index (κ2) is 8.74. The smallest absolute Gasteiger partial charge is 0.236 e. The Morgan fingerprint density at radius 2 is 2.00 bits per heavy atom. The van der Waals surface area contributed by atoms with Crippen LogP contribution in [-0.2, 0) is 21.2 Å². The molecule has 0 fully saturated rings. The molecular formula is C19H17ClF2N2O3S2. The Bertz CT molecular complexity index is 1120. The van der Waals surface area contributed by atoms with Crippen LogP contribution in [0.2, 0.25) is 5.02 Å². The summed E-state index contributed by atoms with van der Waals surface area (Å²) in [5.41, 5.74) is 1.27. The van der Waals surface area contributed by atoms with Crippen molar-refractivity contribution in [1.82, 2.24) is 4.98 Å². The zero-order valence-corrected chi connectivity index (χ0v) is 17.8. The Balaban J connectivity index is 1.91. The van der Waals surface area contributed by atoms with Gasteiger partial charge in [-0.3, -0.25) is 0 Å². The van der Waals surface area contributed by atoms with Crippen LogP contribution in [0.1, 0.15) is 24.1 Å². The summed E-state index contributed by atoms with van der Waals surface area (Å²) in [7, 11) is -2.58. The van der Waals surface area contributed by atoms with Crippen molar-refractivity contribution in [1.29, 1.82) is 0 Å². The average molecular weight is 459 g/mol. The van der Waals surface area contributed by atoms with Gasteiger partial charge in [-0.05, 0) is 36.8 Å². The molecule has 0 aliphatic carbocycles. The Labute approximate surface area is 176 Å². The number of ether oxygens (including phenoxy) is 1. The minimum Gasteiger partial charge on any atom is -0.380 e. The van der Waals surface area contributed by atoms with Crippen molar-refractivity contribution in [2.75, 3.05) is 12.4 Å². The monoisotopic (exact) mass is 458 g/mol. The average Bonchev–Trinajstić information content (AvgIpc) is 3.21. The van der Waals surface area contributed by atoms with Gasteiger partial charge in [-0.2, -0.15) is 0 Å². The zero-order valence-electron chi connectivity index (χ0n) is 15.4. The first-order chi connectivity index (χ1) is 13.7. The van der Waals surface area contributed by atoms with Gasteiger partial charge in [-0.15, -0.1) is 11.3 Å². The lowest BCUT2D eigenvalue weighted by atomic mass is 10.0. The van der Waals surface area contributed by atoms with Crippen LogP contribution in [0.3, 0.4) is 0 Å². The van der Waals surface area contributed by atoms with Crippen LogP contribution < -0.4 is 5.32 Å². The third kappa shape index (κ3) is 4.58. The fourth-order valence-corrected chi connectivity index (χ4v) is 5.34. The molecule has 0 saturated heterocycles. The minimum atomic E-state index is -4.12. The number of hydrogen-bond donors (Lipinski definition) is 1. The molecule has 29 heavy (non-hydrogen) atoms. The van der Waals surface area contributed by atoms with E-state index in [1.54, 1.807) is 19.1 Å². The van der Waals surface area contributed by atoms with Crippen molar-refractivity contribution in [3.05, 3.63) is 69.7 Å². The zero-order chi connectivity index (χ0) is 21.2. The SMILES string of the molecule is COCc1ccc(F)c([C@H](C)Nc2cc(F)c(S(=O)(=O)c3nccs3)cc2Cl)c1. The maximum Gasteiger partial charge on any atom is 0.236 e. The summed E-state index contributed by atoms with van der Waals surface area (Å²) in [5, 5.41) is 4.40. The van der Waals surface area contributed by atoms with Gasteiger partial charge in [0.25, 0.3) is 0 Å². The van der Waals surface area contributed by atoms with Crippen LogP contribution >= 0.6 is 22.9 Å². The first kappa shape index (κ1) is 21.6. The summed E-state index contributed by atoms with van der Waals surface area (Å²) in [6.45, 7) is 2.00. The van der Waals surface area contributed by atoms with Gasteiger partial charge in [0.05, 0.1) is 23.4 Å². The number of anilines is 1. The van der Waals surface area contributed by atoms with Crippen LogP contribution in [0.5, 0.6) is 0 Å². The lowest BCUT2D eigenvalue weighted by molar-refractivity contribution is 0.184. The van der Waals surface area contributed by atoms with Crippen molar-refractivity contribution >= 4 is 38.5 Å². The molecule has 0 aliphatic heterocycles. The van der Waals surface area contributed by atoms with Crippen molar-refractivity contribution in [3.8, 4) is 0 Å². The molecule has 1 aromatic heterocycles. The standard InChI is InChI=1S/C19H17ClF2N2O3S2/c1-11(13-7-12(10-27-2)3-4-15(13)21)24-17-9-16(22)18(8-14(17)20)29(25,26)19-23-5-6-28-19/h3-9,11,24H,10H2,1-2H3/t11-/m0/s1. The van der Waals surface area contributed by atoms with Crippen LogP contribution in [0.4, 0.5) is 14.5 Å². The summed E-state index contributed by atoms with van der Waals surface area (Å²) in [6.07, 6.45) is 1.32. The Kier molecular flexibility index (Phi) is 6.52. The van der Waals surface area contributed by atoms with E-state index in [9.17, 15) is 17.2 Å². The maximum atomic E-state index is 14.6. The molecule has 2 aromatic carbocycles. The summed E-state index contributed by atoms with van der Waals surface area (Å²) < 4.78 is 58.8. The maximum absolute atomic E-state index is 14.6. The van der Waals surface area contributed by atoms with Crippen LogP contribution in [0, 0.1) is 11.6 Å². The number of methoxy groups -OCH3 is 1. The number of hydrogen-bond acceptors (Lipinski definition) is 6. The number of nitrogens with zero attached hydrogens (tertiary/aromatic N) is 1. The van der Waals surface area contributed by atoms with Gasteiger partial charge in [0.15, 0.2) is 0 Å². The second-order valence-corrected chi connectivity index (χ2v) is 9.61. The number of sulfone groups is 1. The molecule has 3 rings (SSSR count). The fourth-order valence-electron chi connectivity index (χ4n) is 2.77. The van der Waals surface area contributed by atoms with E-state index in [2.05, 4.69) is 10.3 Å². The van der Waals surface area contributed by atoms with E-state index in [0.717, 1.165) is 29.0 Å². The topological polar surface area (TPSA) is 68.3 Å². The quantitative estimate of drug-likeness (QED) is 0.525. The number of halogens is 3. The lowest BCUT2D eigenvalue weighted by Crippen LogP contribution is -2.11. The molecule has 1 atom stereocenters. The van der Waals surface area contributed by atoms with Gasteiger partial charge in [-0.1, -0.05) is 17.7 Å². The third-order valence-corrected chi connectivity index (χ3v) is 7.44. The van der Waals surface area contributed by atoms with Gasteiger partial charge in [0.2, 0.25) is 14.2 Å². The van der Waals surface area contributed by atoms with Gasteiger partial charge in [0.1, 0.15) is 16.5 Å². The van der Waals surface area contributed by atoms with Crippen LogP contribution in [0.15, 0.2) is 51.1 Å². The van der Waals surface area contributed by atoms with E-state index in [0.29, 0.717) is 12.2 Å². The number of rotatable bonds is 7. The molecule has 1 N–H and O–H groups in total. The molecule has 1 heterocycles. The first-order valence-corrected chi connectivity index (χ1v) is 11.2. The van der Waals surface area contributed by atoms with E-state index >= 15 is 0 Å². The Morgan fingerprint density at radius 1 is 1.24 bits per heavy atom. The molecule has 0 aliphatic rings. The molecule has 0 spiro atoms. The molecule has 5 nitrogen and oxygen atoms in total. The molecule has 0 saturated carbocycles. The molecule has 0 unspecified atom stereocenters. The summed E-state index contributed by atoms with van der Waals surface area (Å²) in [4.78, 5) is 3.17. The third-order valence-electron chi connectivity index (χ3n) is 4.16. The van der Waals surface area contributed by atoms with Crippen molar-refractivity contribution in [2.24, 2.45) is 0 Å². The highest BCUT2D eigenvalue weighted by Crippen LogP contribution is 2.34. The predicted octanol–water partition coefficient (Wildman–Crippen LogP) is 5.23. The molecule has 0 bridgehead atoms. The highest BCUT2D eigenvalue weighted by atomic mass is 35.5. The van der Waals surface area contributed by atoms with Crippen LogP contribution in [-0.4, -0.2) is 20.5 Å². The van der Waals surface area contributed by atoms with Gasteiger partial charge < -0.3 is 10.1 Å². The highest BCUT2D eigenvalue weighted by molar-refractivity contribution is 7.93. The summed E-state index contributed by atoms with van der Waals surface area (Å²) >= 11 is 7.08. The molecule has 10 heteroatoms. The summed E-state index contributed by atoms with van der Waals surface area (Å²) in [6, 6.07) is 6.02. The molecular weight excluding hydrogens is 442 g/mol.